The van der Waals surface area contributed by atoms with Crippen LogP contribution in [-0.4, -0.2) is 41.1 Å². The van der Waals surface area contributed by atoms with E-state index in [9.17, 15) is 15.3 Å². The van der Waals surface area contributed by atoms with Crippen LogP contribution >= 0.6 is 0 Å². The molecule has 4 saturated carbocycles. The molecule has 1 aromatic carbocycles. The largest absolute Gasteiger partial charge is 0.393 e. The van der Waals surface area contributed by atoms with E-state index in [2.05, 4.69) is 43.0 Å². The van der Waals surface area contributed by atoms with Crippen LogP contribution in [0.25, 0.3) is 0 Å². The zero-order valence-electron chi connectivity index (χ0n) is 19.8. The summed E-state index contributed by atoms with van der Waals surface area (Å²) in [6, 6.07) is 8.30. The van der Waals surface area contributed by atoms with Gasteiger partial charge in [-0.15, -0.1) is 0 Å². The van der Waals surface area contributed by atoms with Crippen LogP contribution in [0.15, 0.2) is 24.3 Å². The van der Waals surface area contributed by atoms with Gasteiger partial charge < -0.3 is 20.2 Å². The highest BCUT2D eigenvalue weighted by atomic mass is 16.3. The minimum atomic E-state index is -0.988. The van der Waals surface area contributed by atoms with E-state index in [1.54, 1.807) is 0 Å². The van der Waals surface area contributed by atoms with Gasteiger partial charge in [-0.25, -0.2) is 0 Å². The van der Waals surface area contributed by atoms with Gasteiger partial charge in [0.2, 0.25) is 0 Å². The van der Waals surface area contributed by atoms with E-state index in [1.807, 2.05) is 14.1 Å². The molecule has 4 fully saturated rings. The topological polar surface area (TPSA) is 63.9 Å². The summed E-state index contributed by atoms with van der Waals surface area (Å²) in [4.78, 5) is 2.08. The summed E-state index contributed by atoms with van der Waals surface area (Å²) >= 11 is 0. The number of anilines is 1. The Bertz CT molecular complexity index is 839. The van der Waals surface area contributed by atoms with Gasteiger partial charge in [-0.3, -0.25) is 0 Å². The molecule has 8 atom stereocenters. The number of rotatable bonds is 2. The van der Waals surface area contributed by atoms with Crippen LogP contribution in [0, 0.1) is 28.6 Å². The van der Waals surface area contributed by atoms with Crippen molar-refractivity contribution in [2.75, 3.05) is 19.0 Å². The number of fused-ring (bicyclic) bond motifs is 5. The number of nitrogens with zero attached hydrogens (tertiary/aromatic N) is 1. The van der Waals surface area contributed by atoms with E-state index < -0.39 is 16.6 Å². The minimum Gasteiger partial charge on any atom is -0.393 e. The molecular formula is C27H41NO3. The van der Waals surface area contributed by atoms with Crippen molar-refractivity contribution in [2.24, 2.45) is 28.6 Å². The highest BCUT2D eigenvalue weighted by Gasteiger charge is 2.71. The first-order valence-electron chi connectivity index (χ1n) is 12.5. The Labute approximate surface area is 187 Å². The fraction of sp³-hybridized carbons (Fsp3) is 0.778. The highest BCUT2D eigenvalue weighted by molar-refractivity contribution is 5.48. The van der Waals surface area contributed by atoms with E-state index in [-0.39, 0.29) is 17.4 Å². The van der Waals surface area contributed by atoms with Crippen LogP contribution in [-0.2, 0) is 5.60 Å². The maximum atomic E-state index is 12.3. The second-order valence-corrected chi connectivity index (χ2v) is 12.0. The molecule has 3 N–H and O–H groups in total. The molecule has 0 aliphatic heterocycles. The predicted molar refractivity (Wildman–Crippen MR) is 124 cm³/mol. The minimum absolute atomic E-state index is 0.145. The van der Waals surface area contributed by atoms with Crippen molar-refractivity contribution in [2.45, 2.75) is 88.9 Å². The van der Waals surface area contributed by atoms with E-state index >= 15 is 0 Å². The second kappa shape index (κ2) is 6.95. The molecule has 172 valence electrons. The van der Waals surface area contributed by atoms with Gasteiger partial charge in [-0.05, 0) is 98.7 Å². The standard InChI is InChI=1S/C27H41NO3/c1-24-13-11-21(29)17-19(24)7-10-23-22(24)12-14-25(2)26(30,15-16-27(23,25)31)18-5-8-20(9-6-18)28(3)4/h5-6,8-9,19,21-23,29-31H,7,10-17H2,1-4H3/t19?,21?,22-,23-,24+,25-,26?,27-/m1/s1. The molecule has 0 spiro atoms. The number of aliphatic hydroxyl groups excluding tert-OH is 1. The smallest absolute Gasteiger partial charge is 0.0978 e. The normalized spacial score (nSPS) is 49.1. The molecule has 3 unspecified atom stereocenters. The van der Waals surface area contributed by atoms with Crippen molar-refractivity contribution in [1.82, 2.24) is 0 Å². The van der Waals surface area contributed by atoms with Gasteiger partial charge in [-0.2, -0.15) is 0 Å². The fourth-order valence-corrected chi connectivity index (χ4v) is 8.72. The molecule has 0 amide bonds. The molecule has 4 aliphatic carbocycles. The lowest BCUT2D eigenvalue weighted by molar-refractivity contribution is -0.238. The summed E-state index contributed by atoms with van der Waals surface area (Å²) in [7, 11) is 4.06. The molecule has 5 rings (SSSR count). The van der Waals surface area contributed by atoms with Crippen molar-refractivity contribution in [3.63, 3.8) is 0 Å². The van der Waals surface area contributed by atoms with Gasteiger partial charge in [0.15, 0.2) is 0 Å². The summed E-state index contributed by atoms with van der Waals surface area (Å²) < 4.78 is 0. The second-order valence-electron chi connectivity index (χ2n) is 12.0. The van der Waals surface area contributed by atoms with Gasteiger partial charge in [-0.1, -0.05) is 26.0 Å². The van der Waals surface area contributed by atoms with Crippen molar-refractivity contribution in [1.29, 1.82) is 0 Å². The SMILES string of the molecule is CN(C)c1ccc(C2(O)CC[C@@]3(O)[C@@H]4CCC5CC(O)CC[C@]5(C)[C@@H]4CC[C@]23C)cc1. The third-order valence-corrected chi connectivity index (χ3v) is 10.8. The summed E-state index contributed by atoms with van der Waals surface area (Å²) in [6.45, 7) is 4.60. The van der Waals surface area contributed by atoms with Crippen molar-refractivity contribution in [3.05, 3.63) is 29.8 Å². The van der Waals surface area contributed by atoms with Crippen LogP contribution in [0.3, 0.4) is 0 Å². The Morgan fingerprint density at radius 3 is 2.23 bits per heavy atom. The van der Waals surface area contributed by atoms with Gasteiger partial charge in [0.1, 0.15) is 0 Å². The average Bonchev–Trinajstić information content (AvgIpc) is 2.96. The molecule has 4 aliphatic rings. The van der Waals surface area contributed by atoms with Gasteiger partial charge in [0, 0.05) is 25.2 Å². The van der Waals surface area contributed by atoms with Crippen LogP contribution in [0.2, 0.25) is 0 Å². The lowest BCUT2D eigenvalue weighted by Crippen LogP contribution is -2.64. The average molecular weight is 428 g/mol. The first-order valence-corrected chi connectivity index (χ1v) is 12.5. The van der Waals surface area contributed by atoms with E-state index in [4.69, 9.17) is 0 Å². The maximum absolute atomic E-state index is 12.3. The summed E-state index contributed by atoms with van der Waals surface area (Å²) in [6.07, 6.45) is 8.13. The monoisotopic (exact) mass is 427 g/mol. The number of hydrogen-bond donors (Lipinski definition) is 3. The molecular weight excluding hydrogens is 386 g/mol. The zero-order chi connectivity index (χ0) is 22.2. The van der Waals surface area contributed by atoms with Crippen LogP contribution < -0.4 is 4.90 Å². The Morgan fingerprint density at radius 2 is 1.55 bits per heavy atom. The van der Waals surface area contributed by atoms with Crippen molar-refractivity contribution in [3.8, 4) is 0 Å². The van der Waals surface area contributed by atoms with E-state index in [1.165, 1.54) is 0 Å². The molecule has 31 heavy (non-hydrogen) atoms. The molecule has 0 radical (unpaired) electrons. The van der Waals surface area contributed by atoms with Crippen LogP contribution in [0.4, 0.5) is 5.69 Å². The Hall–Kier alpha value is -1.10. The van der Waals surface area contributed by atoms with E-state index in [0.29, 0.717) is 24.7 Å². The third kappa shape index (κ3) is 2.77. The molecule has 0 aromatic heterocycles. The third-order valence-electron chi connectivity index (χ3n) is 10.8. The first-order chi connectivity index (χ1) is 14.6. The Morgan fingerprint density at radius 1 is 0.839 bits per heavy atom. The molecule has 0 bridgehead atoms. The quantitative estimate of drug-likeness (QED) is 0.652. The van der Waals surface area contributed by atoms with Gasteiger partial charge in [0.05, 0.1) is 17.3 Å². The summed E-state index contributed by atoms with van der Waals surface area (Å²) in [5.41, 5.74) is -0.0470. The highest BCUT2D eigenvalue weighted by Crippen LogP contribution is 2.71. The van der Waals surface area contributed by atoms with Crippen LogP contribution in [0.1, 0.15) is 77.2 Å². The number of aliphatic hydroxyl groups is 3. The lowest BCUT2D eigenvalue weighted by atomic mass is 9.43. The lowest BCUT2D eigenvalue weighted by Gasteiger charge is -2.64. The Kier molecular flexibility index (Phi) is 4.87. The predicted octanol–water partition coefficient (Wildman–Crippen LogP) is 4.46. The van der Waals surface area contributed by atoms with Crippen molar-refractivity contribution >= 4 is 5.69 Å². The Balaban J connectivity index is 1.49. The fourth-order valence-electron chi connectivity index (χ4n) is 8.72. The van der Waals surface area contributed by atoms with Crippen molar-refractivity contribution < 1.29 is 15.3 Å². The first kappa shape index (κ1) is 21.7. The van der Waals surface area contributed by atoms with Crippen LogP contribution in [0.5, 0.6) is 0 Å². The number of hydrogen-bond acceptors (Lipinski definition) is 4. The summed E-state index contributed by atoms with van der Waals surface area (Å²) in [5.74, 6) is 1.32. The molecule has 4 heteroatoms. The molecule has 0 heterocycles. The summed E-state index contributed by atoms with van der Waals surface area (Å²) in [5, 5.41) is 34.7. The maximum Gasteiger partial charge on any atom is 0.0978 e. The zero-order valence-corrected chi connectivity index (χ0v) is 19.8. The number of benzene rings is 1. The molecule has 0 saturated heterocycles. The molecule has 1 aromatic rings. The molecule has 4 nitrogen and oxygen atoms in total. The van der Waals surface area contributed by atoms with Gasteiger partial charge in [0.25, 0.3) is 0 Å². The van der Waals surface area contributed by atoms with E-state index in [0.717, 1.165) is 56.2 Å². The van der Waals surface area contributed by atoms with Gasteiger partial charge >= 0.3 is 0 Å².